The minimum Gasteiger partial charge on any atom is -0.378 e. The van der Waals surface area contributed by atoms with Gasteiger partial charge in [0.05, 0.1) is 18.5 Å². The van der Waals surface area contributed by atoms with E-state index in [1.165, 1.54) is 21.7 Å². The van der Waals surface area contributed by atoms with E-state index >= 15 is 0 Å². The zero-order chi connectivity index (χ0) is 25.3. The van der Waals surface area contributed by atoms with E-state index in [0.717, 1.165) is 40.7 Å². The van der Waals surface area contributed by atoms with Crippen LogP contribution in [0, 0.1) is 5.41 Å². The Labute approximate surface area is 211 Å². The topological polar surface area (TPSA) is 137 Å². The average Bonchev–Trinajstić information content (AvgIpc) is 3.33. The first kappa shape index (κ1) is 24.1. The Morgan fingerprint density at radius 1 is 1.28 bits per heavy atom. The molecule has 3 aromatic rings. The molecule has 0 radical (unpaired) electrons. The normalized spacial score (nSPS) is 17.7. The summed E-state index contributed by atoms with van der Waals surface area (Å²) in [7, 11) is -3.18. The highest BCUT2D eigenvalue weighted by molar-refractivity contribution is 7.88. The Kier molecular flexibility index (Phi) is 6.57. The molecule has 10 heteroatoms. The lowest BCUT2D eigenvalue weighted by Crippen LogP contribution is -2.36. The number of nitrogens with zero attached hydrogens (tertiary/aromatic N) is 3. The van der Waals surface area contributed by atoms with Gasteiger partial charge in [0.1, 0.15) is 5.82 Å². The highest BCUT2D eigenvalue weighted by Crippen LogP contribution is 2.40. The fourth-order valence-corrected chi connectivity index (χ4v) is 5.66. The Bertz CT molecular complexity index is 1450. The zero-order valence-electron chi connectivity index (χ0n) is 20.0. The summed E-state index contributed by atoms with van der Waals surface area (Å²) >= 11 is 0. The number of benzene rings is 2. The van der Waals surface area contributed by atoms with Crippen molar-refractivity contribution in [3.63, 3.8) is 0 Å². The molecule has 1 atom stereocenters. The van der Waals surface area contributed by atoms with E-state index < -0.39 is 10.0 Å². The average molecular weight is 504 g/mol. The summed E-state index contributed by atoms with van der Waals surface area (Å²) in [5, 5.41) is 14.4. The lowest BCUT2D eigenvalue weighted by Gasteiger charge is -2.27. The van der Waals surface area contributed by atoms with Gasteiger partial charge < -0.3 is 21.8 Å². The van der Waals surface area contributed by atoms with Crippen LogP contribution in [0.4, 0.5) is 17.2 Å². The van der Waals surface area contributed by atoms with Crippen molar-refractivity contribution in [2.75, 3.05) is 30.0 Å². The molecular formula is C26H29N7O2S. The maximum atomic E-state index is 11.9. The Hall–Kier alpha value is -3.60. The summed E-state index contributed by atoms with van der Waals surface area (Å²) in [6, 6.07) is 14.2. The number of sulfonamides is 1. The fourth-order valence-electron chi connectivity index (χ4n) is 4.89. The van der Waals surface area contributed by atoms with Crippen LogP contribution in [0.5, 0.6) is 0 Å². The first-order valence-corrected chi connectivity index (χ1v) is 13.7. The van der Waals surface area contributed by atoms with Gasteiger partial charge in [-0.05, 0) is 58.9 Å². The van der Waals surface area contributed by atoms with Crippen molar-refractivity contribution in [3.05, 3.63) is 77.3 Å². The van der Waals surface area contributed by atoms with E-state index in [0.29, 0.717) is 37.7 Å². The highest BCUT2D eigenvalue weighted by Gasteiger charge is 2.30. The van der Waals surface area contributed by atoms with Crippen molar-refractivity contribution in [2.24, 2.45) is 5.73 Å². The van der Waals surface area contributed by atoms with Gasteiger partial charge in [0, 0.05) is 37.2 Å². The number of nitrogens with one attached hydrogen (secondary N) is 3. The van der Waals surface area contributed by atoms with Gasteiger partial charge in [-0.3, -0.25) is 0 Å². The molecule has 0 fully saturated rings. The molecule has 1 unspecified atom stereocenters. The molecule has 0 aliphatic carbocycles. The second-order valence-corrected chi connectivity index (χ2v) is 11.0. The van der Waals surface area contributed by atoms with Gasteiger partial charge in [-0.1, -0.05) is 30.3 Å². The van der Waals surface area contributed by atoms with Crippen LogP contribution in [-0.4, -0.2) is 54.3 Å². The van der Waals surface area contributed by atoms with Crippen molar-refractivity contribution in [1.29, 1.82) is 5.41 Å². The monoisotopic (exact) mass is 503 g/mol. The number of aromatic nitrogens is 2. The van der Waals surface area contributed by atoms with Gasteiger partial charge in [-0.15, -0.1) is 0 Å². The maximum Gasteiger partial charge on any atom is 0.211 e. The molecule has 1 aromatic heterocycles. The molecule has 36 heavy (non-hydrogen) atoms. The predicted octanol–water partition coefficient (Wildman–Crippen LogP) is 3.27. The second kappa shape index (κ2) is 9.81. The summed E-state index contributed by atoms with van der Waals surface area (Å²) < 4.78 is 25.3. The van der Waals surface area contributed by atoms with Crippen LogP contribution in [0.1, 0.15) is 23.4 Å². The van der Waals surface area contributed by atoms with Crippen LogP contribution in [-0.2, 0) is 23.0 Å². The van der Waals surface area contributed by atoms with E-state index in [2.05, 4.69) is 44.9 Å². The molecule has 2 aliphatic heterocycles. The van der Waals surface area contributed by atoms with Crippen molar-refractivity contribution in [2.45, 2.75) is 25.4 Å². The van der Waals surface area contributed by atoms with E-state index in [-0.39, 0.29) is 6.04 Å². The third-order valence-electron chi connectivity index (χ3n) is 6.72. The SMILES string of the molecule is CS(=O)(=O)N1CC=C(C2Cc3c(-c4cccc(Nc5ccnc(C=N)n5)c4)ccc(CN)c3N2)CC1. The number of nitrogens with two attached hydrogens (primary N) is 1. The largest absolute Gasteiger partial charge is 0.378 e. The van der Waals surface area contributed by atoms with Gasteiger partial charge >= 0.3 is 0 Å². The summed E-state index contributed by atoms with van der Waals surface area (Å²) in [5.41, 5.74) is 13.8. The Morgan fingerprint density at radius 3 is 2.86 bits per heavy atom. The number of hydrogen-bond donors (Lipinski definition) is 4. The van der Waals surface area contributed by atoms with Crippen LogP contribution in [0.2, 0.25) is 0 Å². The van der Waals surface area contributed by atoms with Crippen molar-refractivity contribution in [3.8, 4) is 11.1 Å². The van der Waals surface area contributed by atoms with E-state index in [1.807, 2.05) is 18.2 Å². The van der Waals surface area contributed by atoms with Crippen LogP contribution >= 0.6 is 0 Å². The number of anilines is 3. The number of fused-ring (bicyclic) bond motifs is 1. The molecule has 0 bridgehead atoms. The third kappa shape index (κ3) is 4.88. The molecule has 9 nitrogen and oxygen atoms in total. The molecule has 186 valence electrons. The number of hydrogen-bond acceptors (Lipinski definition) is 8. The van der Waals surface area contributed by atoms with Crippen LogP contribution in [0.15, 0.2) is 60.3 Å². The number of rotatable bonds is 7. The van der Waals surface area contributed by atoms with Gasteiger partial charge in [0.25, 0.3) is 0 Å². The zero-order valence-corrected chi connectivity index (χ0v) is 20.8. The summed E-state index contributed by atoms with van der Waals surface area (Å²) in [6.07, 6.45) is 7.57. The molecule has 0 saturated heterocycles. The second-order valence-electron chi connectivity index (χ2n) is 9.03. The summed E-state index contributed by atoms with van der Waals surface area (Å²) in [6.45, 7) is 1.36. The highest BCUT2D eigenvalue weighted by atomic mass is 32.2. The first-order valence-electron chi connectivity index (χ1n) is 11.8. The molecular weight excluding hydrogens is 474 g/mol. The first-order chi connectivity index (χ1) is 17.4. The lowest BCUT2D eigenvalue weighted by atomic mass is 9.92. The van der Waals surface area contributed by atoms with Crippen LogP contribution in [0.25, 0.3) is 11.1 Å². The maximum absolute atomic E-state index is 11.9. The molecule has 5 N–H and O–H groups in total. The van der Waals surface area contributed by atoms with Gasteiger partial charge in [-0.25, -0.2) is 18.4 Å². The van der Waals surface area contributed by atoms with Gasteiger partial charge in [0.2, 0.25) is 10.0 Å². The van der Waals surface area contributed by atoms with Gasteiger partial charge in [0.15, 0.2) is 5.82 Å². The fraction of sp³-hybridized carbons (Fsp3) is 0.269. The Morgan fingerprint density at radius 2 is 2.14 bits per heavy atom. The smallest absolute Gasteiger partial charge is 0.211 e. The Balaban J connectivity index is 1.43. The standard InChI is InChI=1S/C26H29N7O2S/c1-36(34,35)33-11-8-17(9-12-33)23-14-22-21(6-5-19(15-27)26(22)31-23)18-3-2-4-20(13-18)30-24-7-10-29-25(16-28)32-24/h2-8,10,13,16,23,28,31H,9,11-12,14-15,27H2,1H3,(H,29,30,32). The minimum absolute atomic E-state index is 0.120. The van der Waals surface area contributed by atoms with E-state index in [9.17, 15) is 8.42 Å². The molecule has 0 amide bonds. The van der Waals surface area contributed by atoms with E-state index in [1.54, 1.807) is 12.3 Å². The molecule has 0 saturated carbocycles. The molecule has 0 spiro atoms. The van der Waals surface area contributed by atoms with Crippen molar-refractivity contribution < 1.29 is 8.42 Å². The molecule has 5 rings (SSSR count). The van der Waals surface area contributed by atoms with E-state index in [4.69, 9.17) is 11.1 Å². The minimum atomic E-state index is -3.18. The van der Waals surface area contributed by atoms with Crippen molar-refractivity contribution in [1.82, 2.24) is 14.3 Å². The van der Waals surface area contributed by atoms with Crippen LogP contribution < -0.4 is 16.4 Å². The molecule has 3 heterocycles. The van der Waals surface area contributed by atoms with Crippen molar-refractivity contribution >= 4 is 33.4 Å². The lowest BCUT2D eigenvalue weighted by molar-refractivity contribution is 0.430. The summed E-state index contributed by atoms with van der Waals surface area (Å²) in [4.78, 5) is 8.35. The molecule has 2 aliphatic rings. The molecule has 2 aromatic carbocycles. The van der Waals surface area contributed by atoms with Gasteiger partial charge in [-0.2, -0.15) is 4.31 Å². The predicted molar refractivity (Wildman–Crippen MR) is 143 cm³/mol. The third-order valence-corrected chi connectivity index (χ3v) is 7.99. The van der Waals surface area contributed by atoms with Crippen LogP contribution in [0.3, 0.4) is 0 Å². The quantitative estimate of drug-likeness (QED) is 0.287. The summed E-state index contributed by atoms with van der Waals surface area (Å²) in [5.74, 6) is 0.971.